The lowest BCUT2D eigenvalue weighted by atomic mass is 10.1. The number of hydrogen-bond acceptors (Lipinski definition) is 5. The molecule has 3 rings (SSSR count). The second-order valence-corrected chi connectivity index (χ2v) is 5.22. The first-order valence-corrected chi connectivity index (χ1v) is 7.07. The molecule has 0 atom stereocenters. The summed E-state index contributed by atoms with van der Waals surface area (Å²) in [7, 11) is 0. The van der Waals surface area contributed by atoms with Crippen LogP contribution in [0.2, 0.25) is 5.02 Å². The molecule has 0 fully saturated rings. The molecule has 3 aromatic carbocycles. The number of rotatable bonds is 3. The van der Waals surface area contributed by atoms with Crippen LogP contribution in [-0.4, -0.2) is 4.92 Å². The second kappa shape index (κ2) is 6.02. The Balaban J connectivity index is 2.01. The maximum absolute atomic E-state index is 10.7. The lowest BCUT2D eigenvalue weighted by Crippen LogP contribution is -1.87. The molecule has 7 heteroatoms. The Labute approximate surface area is 136 Å². The average Bonchev–Trinajstić information content (AvgIpc) is 2.55. The molecule has 0 saturated carbocycles. The van der Waals surface area contributed by atoms with Crippen molar-refractivity contribution in [3.05, 3.63) is 69.7 Å². The molecule has 6 nitrogen and oxygen atoms in total. The zero-order valence-corrected chi connectivity index (χ0v) is 12.6. The summed E-state index contributed by atoms with van der Waals surface area (Å²) in [6.45, 7) is 0. The number of fused-ring (bicyclic) bond motifs is 1. The first-order valence-electron chi connectivity index (χ1n) is 6.69. The van der Waals surface area contributed by atoms with Gasteiger partial charge in [-0.25, -0.2) is 0 Å². The van der Waals surface area contributed by atoms with Crippen molar-refractivity contribution in [2.45, 2.75) is 0 Å². The van der Waals surface area contributed by atoms with Crippen LogP contribution in [0.5, 0.6) is 0 Å². The Kier molecular flexibility index (Phi) is 3.91. The van der Waals surface area contributed by atoms with Gasteiger partial charge in [-0.2, -0.15) is 0 Å². The van der Waals surface area contributed by atoms with Gasteiger partial charge in [-0.05, 0) is 18.2 Å². The van der Waals surface area contributed by atoms with Gasteiger partial charge in [0.2, 0.25) is 0 Å². The lowest BCUT2D eigenvalue weighted by Gasteiger charge is -2.04. The lowest BCUT2D eigenvalue weighted by molar-refractivity contribution is -0.384. The predicted octanol–water partition coefficient (Wildman–Crippen LogP) is 5.40. The third-order valence-corrected chi connectivity index (χ3v) is 3.65. The van der Waals surface area contributed by atoms with Crippen LogP contribution in [0.3, 0.4) is 0 Å². The number of hydrogen-bond donors (Lipinski definition) is 1. The highest BCUT2D eigenvalue weighted by atomic mass is 35.5. The zero-order valence-electron chi connectivity index (χ0n) is 11.8. The molecule has 2 N–H and O–H groups in total. The van der Waals surface area contributed by atoms with Crippen molar-refractivity contribution in [2.24, 2.45) is 10.2 Å². The van der Waals surface area contributed by atoms with Gasteiger partial charge in [-0.1, -0.05) is 35.9 Å². The summed E-state index contributed by atoms with van der Waals surface area (Å²) in [5, 5.41) is 20.9. The molecule has 0 saturated heterocycles. The van der Waals surface area contributed by atoms with Crippen LogP contribution in [0.15, 0.2) is 64.8 Å². The van der Waals surface area contributed by atoms with Crippen LogP contribution < -0.4 is 5.73 Å². The van der Waals surface area contributed by atoms with Crippen molar-refractivity contribution < 1.29 is 4.92 Å². The number of nitrogen functional groups attached to an aromatic ring is 1. The van der Waals surface area contributed by atoms with Gasteiger partial charge in [0, 0.05) is 28.6 Å². The SMILES string of the molecule is Nc1ccc(N=Nc2ccc([N+](=O)[O-])cc2Cl)c2ccccc12. The van der Waals surface area contributed by atoms with E-state index in [0.29, 0.717) is 17.1 Å². The van der Waals surface area contributed by atoms with E-state index in [1.165, 1.54) is 18.2 Å². The second-order valence-electron chi connectivity index (χ2n) is 4.81. The molecule has 0 amide bonds. The Bertz CT molecular complexity index is 941. The van der Waals surface area contributed by atoms with Crippen LogP contribution in [0.4, 0.5) is 22.7 Å². The number of nitrogens with zero attached hydrogens (tertiary/aromatic N) is 3. The Hall–Kier alpha value is -2.99. The van der Waals surface area contributed by atoms with Gasteiger partial charge in [-0.3, -0.25) is 10.1 Å². The molecule has 23 heavy (non-hydrogen) atoms. The number of non-ortho nitro benzene ring substituents is 1. The molecule has 0 radical (unpaired) electrons. The van der Waals surface area contributed by atoms with Gasteiger partial charge >= 0.3 is 0 Å². The normalized spacial score (nSPS) is 11.2. The standard InChI is InChI=1S/C16H11ClN4O2/c17-13-9-10(21(22)23)5-7-16(13)20-19-15-8-6-14(18)11-3-1-2-4-12(11)15/h1-9H,18H2. The van der Waals surface area contributed by atoms with Gasteiger partial charge < -0.3 is 5.73 Å². The molecule has 3 aromatic rings. The van der Waals surface area contributed by atoms with Gasteiger partial charge in [0.25, 0.3) is 5.69 Å². The van der Waals surface area contributed by atoms with Crippen molar-refractivity contribution in [3.63, 3.8) is 0 Å². The van der Waals surface area contributed by atoms with Gasteiger partial charge in [0.05, 0.1) is 15.6 Å². The molecule has 0 spiro atoms. The van der Waals surface area contributed by atoms with Crippen molar-refractivity contribution in [3.8, 4) is 0 Å². The van der Waals surface area contributed by atoms with E-state index in [1.54, 1.807) is 12.1 Å². The number of halogens is 1. The average molecular weight is 327 g/mol. The summed E-state index contributed by atoms with van der Waals surface area (Å²) in [6, 6.07) is 15.2. The van der Waals surface area contributed by atoms with E-state index < -0.39 is 4.92 Å². The molecule has 0 aliphatic rings. The zero-order chi connectivity index (χ0) is 16.4. The molecule has 0 aliphatic heterocycles. The van der Waals surface area contributed by atoms with Crippen LogP contribution in [0, 0.1) is 10.1 Å². The van der Waals surface area contributed by atoms with Crippen molar-refractivity contribution >= 4 is 45.1 Å². The molecule has 0 heterocycles. The number of azo groups is 1. The molecule has 0 aromatic heterocycles. The minimum absolute atomic E-state index is 0.0908. The summed E-state index contributed by atoms with van der Waals surface area (Å²) in [6.07, 6.45) is 0. The van der Waals surface area contributed by atoms with E-state index in [1.807, 2.05) is 24.3 Å². The van der Waals surface area contributed by atoms with Gasteiger partial charge in [0.1, 0.15) is 5.69 Å². The van der Waals surface area contributed by atoms with E-state index in [9.17, 15) is 10.1 Å². The maximum Gasteiger partial charge on any atom is 0.271 e. The minimum Gasteiger partial charge on any atom is -0.398 e. The molecular weight excluding hydrogens is 316 g/mol. The highest BCUT2D eigenvalue weighted by Gasteiger charge is 2.09. The minimum atomic E-state index is -0.514. The fourth-order valence-electron chi connectivity index (χ4n) is 2.19. The Morgan fingerprint density at radius 2 is 1.61 bits per heavy atom. The fourth-order valence-corrected chi connectivity index (χ4v) is 2.40. The quantitative estimate of drug-likeness (QED) is 0.302. The number of anilines is 1. The molecule has 0 bridgehead atoms. The van der Waals surface area contributed by atoms with Gasteiger partial charge in [-0.15, -0.1) is 10.2 Å². The summed E-state index contributed by atoms with van der Waals surface area (Å²) in [5.74, 6) is 0. The van der Waals surface area contributed by atoms with E-state index >= 15 is 0 Å². The monoisotopic (exact) mass is 326 g/mol. The molecule has 0 unspecified atom stereocenters. The Morgan fingerprint density at radius 3 is 2.30 bits per heavy atom. The highest BCUT2D eigenvalue weighted by molar-refractivity contribution is 6.33. The van der Waals surface area contributed by atoms with Crippen LogP contribution >= 0.6 is 11.6 Å². The largest absolute Gasteiger partial charge is 0.398 e. The van der Waals surface area contributed by atoms with Crippen LogP contribution in [0.1, 0.15) is 0 Å². The third kappa shape index (κ3) is 2.97. The van der Waals surface area contributed by atoms with E-state index in [-0.39, 0.29) is 10.7 Å². The van der Waals surface area contributed by atoms with Crippen LogP contribution in [-0.2, 0) is 0 Å². The smallest absolute Gasteiger partial charge is 0.271 e. The number of nitro benzene ring substituents is 1. The summed E-state index contributed by atoms with van der Waals surface area (Å²) >= 11 is 6.00. The fraction of sp³-hybridized carbons (Fsp3) is 0. The molecule has 114 valence electrons. The van der Waals surface area contributed by atoms with Crippen LogP contribution in [0.25, 0.3) is 10.8 Å². The van der Waals surface area contributed by atoms with E-state index in [0.717, 1.165) is 10.8 Å². The van der Waals surface area contributed by atoms with Crippen molar-refractivity contribution in [2.75, 3.05) is 5.73 Å². The van der Waals surface area contributed by atoms with Crippen molar-refractivity contribution in [1.29, 1.82) is 0 Å². The third-order valence-electron chi connectivity index (χ3n) is 3.34. The predicted molar refractivity (Wildman–Crippen MR) is 90.6 cm³/mol. The van der Waals surface area contributed by atoms with Gasteiger partial charge in [0.15, 0.2) is 0 Å². The summed E-state index contributed by atoms with van der Waals surface area (Å²) < 4.78 is 0. The number of nitro groups is 1. The first kappa shape index (κ1) is 14.9. The number of benzene rings is 3. The summed E-state index contributed by atoms with van der Waals surface area (Å²) in [5.41, 5.74) is 7.52. The highest BCUT2D eigenvalue weighted by Crippen LogP contribution is 2.33. The topological polar surface area (TPSA) is 93.9 Å². The number of nitrogens with two attached hydrogens (primary N) is 1. The summed E-state index contributed by atoms with van der Waals surface area (Å²) in [4.78, 5) is 10.2. The molecular formula is C16H11ClN4O2. The molecule has 0 aliphatic carbocycles. The first-order chi connectivity index (χ1) is 11.1. The van der Waals surface area contributed by atoms with Crippen molar-refractivity contribution in [1.82, 2.24) is 0 Å². The van der Waals surface area contributed by atoms with E-state index in [4.69, 9.17) is 17.3 Å². The Morgan fingerprint density at radius 1 is 0.957 bits per heavy atom. The maximum atomic E-state index is 10.7. The van der Waals surface area contributed by atoms with E-state index in [2.05, 4.69) is 10.2 Å².